The zero-order valence-electron chi connectivity index (χ0n) is 9.46. The van der Waals surface area contributed by atoms with Crippen LogP contribution in [0.4, 0.5) is 5.69 Å². The van der Waals surface area contributed by atoms with Gasteiger partial charge in [0.05, 0.1) is 17.4 Å². The quantitative estimate of drug-likeness (QED) is 0.469. The summed E-state index contributed by atoms with van der Waals surface area (Å²) in [6, 6.07) is 3.03. The molecule has 0 atom stereocenters. The molecule has 0 aliphatic carbocycles. The van der Waals surface area contributed by atoms with Crippen molar-refractivity contribution in [2.24, 2.45) is 0 Å². The minimum atomic E-state index is -0.700. The highest BCUT2D eigenvalue weighted by Crippen LogP contribution is 2.21. The molecule has 0 aromatic carbocycles. The summed E-state index contributed by atoms with van der Waals surface area (Å²) in [5.74, 6) is -0.568. The van der Waals surface area contributed by atoms with Gasteiger partial charge in [0.1, 0.15) is 16.9 Å². The first kappa shape index (κ1) is 13.9. The molecule has 94 valence electrons. The van der Waals surface area contributed by atoms with Crippen molar-refractivity contribution in [3.05, 3.63) is 33.1 Å². The van der Waals surface area contributed by atoms with Crippen LogP contribution in [0.25, 0.3) is 0 Å². The monoisotopic (exact) mass is 268 g/mol. The number of hydrogen-bond acceptors (Lipinski definition) is 5. The Hall–Kier alpha value is -2.20. The van der Waals surface area contributed by atoms with E-state index in [1.54, 1.807) is 0 Å². The molecule has 0 bridgehead atoms. The molecule has 0 fully saturated rings. The van der Waals surface area contributed by atoms with Crippen LogP contribution < -0.4 is 0 Å². The number of carbonyl (C=O) groups excluding carboxylic acids is 1. The lowest BCUT2D eigenvalue weighted by atomic mass is 10.2. The van der Waals surface area contributed by atoms with Crippen molar-refractivity contribution < 1.29 is 9.72 Å². The summed E-state index contributed by atoms with van der Waals surface area (Å²) in [6.07, 6.45) is 1.09. The number of aromatic nitrogens is 1. The number of carbonyl (C=O) groups is 1. The van der Waals surface area contributed by atoms with Gasteiger partial charge in [0.15, 0.2) is 0 Å². The number of rotatable bonds is 4. The highest BCUT2D eigenvalue weighted by atomic mass is 35.5. The average Bonchev–Trinajstić information content (AvgIpc) is 2.34. The van der Waals surface area contributed by atoms with Gasteiger partial charge in [-0.1, -0.05) is 11.6 Å². The second-order valence-corrected chi connectivity index (χ2v) is 3.80. The predicted molar refractivity (Wildman–Crippen MR) is 63.1 cm³/mol. The number of amides is 1. The van der Waals surface area contributed by atoms with E-state index < -0.39 is 16.5 Å². The van der Waals surface area contributed by atoms with E-state index in [4.69, 9.17) is 16.9 Å². The van der Waals surface area contributed by atoms with Gasteiger partial charge in [-0.15, -0.1) is 0 Å². The van der Waals surface area contributed by atoms with Crippen LogP contribution in [0.1, 0.15) is 16.8 Å². The molecular weight excluding hydrogens is 260 g/mol. The minimum Gasteiger partial charge on any atom is -0.340 e. The third-order valence-electron chi connectivity index (χ3n) is 2.18. The number of hydrogen-bond donors (Lipinski definition) is 0. The van der Waals surface area contributed by atoms with Crippen LogP contribution in [0.5, 0.6) is 0 Å². The fourth-order valence-electron chi connectivity index (χ4n) is 1.26. The van der Waals surface area contributed by atoms with Crippen molar-refractivity contribution in [1.29, 1.82) is 5.26 Å². The number of halogens is 1. The van der Waals surface area contributed by atoms with E-state index in [0.29, 0.717) is 0 Å². The SMILES string of the molecule is CN(CCC#N)C(=O)c1cc(Cl)ncc1[N+](=O)[O-]. The van der Waals surface area contributed by atoms with Gasteiger partial charge in [-0.25, -0.2) is 4.98 Å². The van der Waals surface area contributed by atoms with Gasteiger partial charge in [0.2, 0.25) is 0 Å². The lowest BCUT2D eigenvalue weighted by molar-refractivity contribution is -0.385. The second kappa shape index (κ2) is 5.93. The maximum Gasteiger partial charge on any atom is 0.300 e. The predicted octanol–water partition coefficient (Wildman–Crippen LogP) is 1.63. The number of nitrogens with zero attached hydrogens (tertiary/aromatic N) is 4. The van der Waals surface area contributed by atoms with Crippen LogP contribution in [0.2, 0.25) is 5.15 Å². The van der Waals surface area contributed by atoms with Crippen molar-refractivity contribution >= 4 is 23.2 Å². The van der Waals surface area contributed by atoms with Crippen LogP contribution in [0.15, 0.2) is 12.3 Å². The molecule has 7 nitrogen and oxygen atoms in total. The van der Waals surface area contributed by atoms with Crippen molar-refractivity contribution in [2.45, 2.75) is 6.42 Å². The maximum atomic E-state index is 12.0. The topological polar surface area (TPSA) is 100 Å². The van der Waals surface area contributed by atoms with Crippen LogP contribution in [-0.2, 0) is 0 Å². The standard InChI is InChI=1S/C10H9ClN4O3/c1-14(4-2-3-12)10(16)7-5-9(11)13-6-8(7)15(17)18/h5-6H,2,4H2,1H3. The van der Waals surface area contributed by atoms with E-state index >= 15 is 0 Å². The fraction of sp³-hybridized carbons (Fsp3) is 0.300. The van der Waals surface area contributed by atoms with Gasteiger partial charge in [-0.2, -0.15) is 5.26 Å². The molecule has 0 aliphatic heterocycles. The number of nitro groups is 1. The zero-order valence-corrected chi connectivity index (χ0v) is 10.2. The molecule has 0 unspecified atom stereocenters. The molecule has 0 radical (unpaired) electrons. The molecule has 0 spiro atoms. The third kappa shape index (κ3) is 3.15. The Morgan fingerprint density at radius 2 is 2.39 bits per heavy atom. The largest absolute Gasteiger partial charge is 0.340 e. The van der Waals surface area contributed by atoms with Crippen molar-refractivity contribution in [2.75, 3.05) is 13.6 Å². The van der Waals surface area contributed by atoms with Crippen molar-refractivity contribution in [3.63, 3.8) is 0 Å². The van der Waals surface area contributed by atoms with Gasteiger partial charge in [0.25, 0.3) is 11.6 Å². The smallest absolute Gasteiger partial charge is 0.300 e. The highest BCUT2D eigenvalue weighted by molar-refractivity contribution is 6.29. The Morgan fingerprint density at radius 3 is 2.94 bits per heavy atom. The first-order valence-corrected chi connectivity index (χ1v) is 5.27. The zero-order chi connectivity index (χ0) is 13.7. The van der Waals surface area contributed by atoms with E-state index in [1.165, 1.54) is 11.9 Å². The van der Waals surface area contributed by atoms with Crippen LogP contribution in [0, 0.1) is 21.4 Å². The summed E-state index contributed by atoms with van der Waals surface area (Å²) in [5.41, 5.74) is -0.548. The molecule has 0 aliphatic rings. The maximum absolute atomic E-state index is 12.0. The number of nitriles is 1. The van der Waals surface area contributed by atoms with Gasteiger partial charge in [0, 0.05) is 13.6 Å². The number of pyridine rings is 1. The molecule has 1 amide bonds. The first-order valence-electron chi connectivity index (χ1n) is 4.89. The fourth-order valence-corrected chi connectivity index (χ4v) is 1.42. The Morgan fingerprint density at radius 1 is 1.72 bits per heavy atom. The summed E-state index contributed by atoms with van der Waals surface area (Å²) in [6.45, 7) is 0.187. The lowest BCUT2D eigenvalue weighted by Crippen LogP contribution is -2.28. The lowest BCUT2D eigenvalue weighted by Gasteiger charge is -2.15. The normalized spacial score (nSPS) is 9.61. The van der Waals surface area contributed by atoms with Crippen LogP contribution in [0.3, 0.4) is 0 Å². The molecule has 1 rings (SSSR count). The van der Waals surface area contributed by atoms with Crippen LogP contribution >= 0.6 is 11.6 Å². The van der Waals surface area contributed by atoms with E-state index in [1.807, 2.05) is 6.07 Å². The van der Waals surface area contributed by atoms with Gasteiger partial charge < -0.3 is 4.90 Å². The van der Waals surface area contributed by atoms with Crippen molar-refractivity contribution in [1.82, 2.24) is 9.88 Å². The molecule has 1 aromatic rings. The van der Waals surface area contributed by atoms with E-state index in [9.17, 15) is 14.9 Å². The Bertz CT molecular complexity index is 526. The first-order chi connectivity index (χ1) is 8.47. The molecule has 1 heterocycles. The highest BCUT2D eigenvalue weighted by Gasteiger charge is 2.23. The Kier molecular flexibility index (Phi) is 4.57. The molecule has 0 saturated carbocycles. The molecular formula is C10H9ClN4O3. The molecule has 18 heavy (non-hydrogen) atoms. The summed E-state index contributed by atoms with van der Waals surface area (Å²) in [7, 11) is 1.46. The Balaban J connectivity index is 3.08. The van der Waals surface area contributed by atoms with Crippen molar-refractivity contribution in [3.8, 4) is 6.07 Å². The van der Waals surface area contributed by atoms with E-state index in [2.05, 4.69) is 4.98 Å². The van der Waals surface area contributed by atoms with E-state index in [0.717, 1.165) is 12.3 Å². The van der Waals surface area contributed by atoms with E-state index in [-0.39, 0.29) is 23.7 Å². The molecule has 1 aromatic heterocycles. The minimum absolute atomic E-state index is 0.00219. The summed E-state index contributed by atoms with van der Waals surface area (Å²) in [4.78, 5) is 26.8. The van der Waals surface area contributed by atoms with Gasteiger partial charge >= 0.3 is 0 Å². The van der Waals surface area contributed by atoms with Gasteiger partial charge in [-0.3, -0.25) is 14.9 Å². The average molecular weight is 269 g/mol. The summed E-state index contributed by atoms with van der Waals surface area (Å²) < 4.78 is 0. The summed E-state index contributed by atoms with van der Waals surface area (Å²) in [5, 5.41) is 19.2. The Labute approximate surface area is 108 Å². The third-order valence-corrected chi connectivity index (χ3v) is 2.39. The summed E-state index contributed by atoms with van der Waals surface area (Å²) >= 11 is 5.62. The van der Waals surface area contributed by atoms with Crippen LogP contribution in [-0.4, -0.2) is 34.3 Å². The second-order valence-electron chi connectivity index (χ2n) is 3.42. The molecule has 0 saturated heterocycles. The molecule has 8 heteroatoms. The van der Waals surface area contributed by atoms with Gasteiger partial charge in [-0.05, 0) is 6.07 Å². The molecule has 0 N–H and O–H groups in total.